The van der Waals surface area contributed by atoms with Gasteiger partial charge in [0.25, 0.3) is 11.8 Å². The minimum atomic E-state index is -0.620. The van der Waals surface area contributed by atoms with Gasteiger partial charge in [-0.3, -0.25) is 14.4 Å². The zero-order valence-corrected chi connectivity index (χ0v) is 17.4. The van der Waals surface area contributed by atoms with Gasteiger partial charge in [-0.15, -0.1) is 0 Å². The van der Waals surface area contributed by atoms with E-state index < -0.39 is 11.8 Å². The van der Waals surface area contributed by atoms with E-state index in [9.17, 15) is 14.4 Å². The number of imidazole rings is 1. The highest BCUT2D eigenvalue weighted by atomic mass is 35.5. The molecule has 0 spiro atoms. The van der Waals surface area contributed by atoms with Crippen molar-refractivity contribution in [1.29, 1.82) is 0 Å². The minimum Gasteiger partial charge on any atom is -0.340 e. The Labute approximate surface area is 188 Å². The molecule has 0 bridgehead atoms. The van der Waals surface area contributed by atoms with Crippen molar-refractivity contribution in [2.45, 2.75) is 0 Å². The van der Waals surface area contributed by atoms with Crippen LogP contribution in [0.5, 0.6) is 0 Å². The molecule has 0 aliphatic heterocycles. The molecule has 32 heavy (non-hydrogen) atoms. The number of nitrogens with zero attached hydrogens (tertiary/aromatic N) is 1. The van der Waals surface area contributed by atoms with Crippen LogP contribution in [0.25, 0.3) is 0 Å². The van der Waals surface area contributed by atoms with Crippen LogP contribution in [0.2, 0.25) is 5.02 Å². The number of carbonyl (C=O) groups excluding carboxylic acids is 3. The summed E-state index contributed by atoms with van der Waals surface area (Å²) in [7, 11) is 0. The second-order valence-electron chi connectivity index (χ2n) is 6.79. The number of aromatic nitrogens is 2. The smallest absolute Gasteiger partial charge is 0.276 e. The summed E-state index contributed by atoms with van der Waals surface area (Å²) < 4.78 is 0. The fraction of sp³-hybridized carbons (Fsp3) is 0. The first-order valence-electron chi connectivity index (χ1n) is 9.63. The van der Waals surface area contributed by atoms with E-state index in [1.54, 1.807) is 60.7 Å². The third kappa shape index (κ3) is 4.58. The topological polar surface area (TPSA) is 104 Å². The number of anilines is 2. The van der Waals surface area contributed by atoms with E-state index in [1.165, 1.54) is 18.5 Å². The summed E-state index contributed by atoms with van der Waals surface area (Å²) in [4.78, 5) is 45.2. The molecule has 3 N–H and O–H groups in total. The molecule has 4 rings (SSSR count). The van der Waals surface area contributed by atoms with Gasteiger partial charge < -0.3 is 15.6 Å². The summed E-state index contributed by atoms with van der Waals surface area (Å²) in [6, 6.07) is 22.1. The van der Waals surface area contributed by atoms with Crippen LogP contribution >= 0.6 is 11.6 Å². The number of hydrogen-bond acceptors (Lipinski definition) is 4. The highest BCUT2D eigenvalue weighted by Crippen LogP contribution is 2.24. The number of benzene rings is 3. The zero-order chi connectivity index (χ0) is 22.5. The molecule has 2 amide bonds. The monoisotopic (exact) mass is 444 g/mol. The van der Waals surface area contributed by atoms with Gasteiger partial charge in [0.15, 0.2) is 11.5 Å². The van der Waals surface area contributed by atoms with Crippen molar-refractivity contribution in [2.75, 3.05) is 10.6 Å². The molecule has 1 heterocycles. The Balaban J connectivity index is 1.59. The number of halogens is 1. The van der Waals surface area contributed by atoms with Crippen molar-refractivity contribution in [1.82, 2.24) is 9.97 Å². The Morgan fingerprint density at radius 3 is 2.22 bits per heavy atom. The SMILES string of the molecule is O=C(c1ccccc1)c1cc(Cl)ccc1NC(=O)c1[nH]cnc1C(=O)Nc1ccccc1. The van der Waals surface area contributed by atoms with E-state index in [-0.39, 0.29) is 28.4 Å². The van der Waals surface area contributed by atoms with Gasteiger partial charge in [0.05, 0.1) is 12.0 Å². The molecule has 0 fully saturated rings. The second kappa shape index (κ2) is 9.28. The average Bonchev–Trinajstić information content (AvgIpc) is 3.31. The molecule has 0 aliphatic carbocycles. The lowest BCUT2D eigenvalue weighted by Gasteiger charge is -2.11. The number of para-hydroxylation sites is 1. The number of hydrogen-bond donors (Lipinski definition) is 3. The van der Waals surface area contributed by atoms with Crippen LogP contribution in [0.3, 0.4) is 0 Å². The fourth-order valence-electron chi connectivity index (χ4n) is 3.09. The molecule has 0 unspecified atom stereocenters. The second-order valence-corrected chi connectivity index (χ2v) is 7.22. The molecule has 7 nitrogen and oxygen atoms in total. The molecule has 4 aromatic rings. The maximum atomic E-state index is 13.0. The van der Waals surface area contributed by atoms with Crippen LogP contribution < -0.4 is 10.6 Å². The molecule has 8 heteroatoms. The Morgan fingerprint density at radius 1 is 0.812 bits per heavy atom. The van der Waals surface area contributed by atoms with Gasteiger partial charge in [0, 0.05) is 21.8 Å². The number of amides is 2. The van der Waals surface area contributed by atoms with Crippen molar-refractivity contribution in [2.24, 2.45) is 0 Å². The van der Waals surface area contributed by atoms with E-state index in [0.29, 0.717) is 16.3 Å². The number of rotatable bonds is 6. The molecular formula is C24H17ClN4O3. The lowest BCUT2D eigenvalue weighted by atomic mass is 10.0. The van der Waals surface area contributed by atoms with Crippen molar-refractivity contribution in [3.63, 3.8) is 0 Å². The van der Waals surface area contributed by atoms with Gasteiger partial charge in [-0.05, 0) is 30.3 Å². The maximum Gasteiger partial charge on any atom is 0.276 e. The van der Waals surface area contributed by atoms with Crippen LogP contribution in [0.4, 0.5) is 11.4 Å². The molecule has 0 radical (unpaired) electrons. The highest BCUT2D eigenvalue weighted by Gasteiger charge is 2.23. The molecule has 158 valence electrons. The summed E-state index contributed by atoms with van der Waals surface area (Å²) >= 11 is 6.09. The third-order valence-corrected chi connectivity index (χ3v) is 4.86. The molecule has 0 saturated carbocycles. The maximum absolute atomic E-state index is 13.0. The molecule has 0 saturated heterocycles. The number of aromatic amines is 1. The third-order valence-electron chi connectivity index (χ3n) is 4.62. The van der Waals surface area contributed by atoms with Crippen molar-refractivity contribution in [3.05, 3.63) is 113 Å². The van der Waals surface area contributed by atoms with Gasteiger partial charge in [0.2, 0.25) is 0 Å². The van der Waals surface area contributed by atoms with Crippen molar-refractivity contribution >= 4 is 40.6 Å². The Morgan fingerprint density at radius 2 is 1.50 bits per heavy atom. The van der Waals surface area contributed by atoms with Gasteiger partial charge in [-0.2, -0.15) is 0 Å². The van der Waals surface area contributed by atoms with Gasteiger partial charge in [0.1, 0.15) is 5.69 Å². The number of H-pyrrole nitrogens is 1. The normalized spacial score (nSPS) is 10.4. The van der Waals surface area contributed by atoms with Gasteiger partial charge >= 0.3 is 0 Å². The Kier molecular flexibility index (Phi) is 6.10. The minimum absolute atomic E-state index is 0.0357. The van der Waals surface area contributed by atoms with Crippen LogP contribution in [0, 0.1) is 0 Å². The van der Waals surface area contributed by atoms with E-state index in [2.05, 4.69) is 20.6 Å². The van der Waals surface area contributed by atoms with E-state index >= 15 is 0 Å². The van der Waals surface area contributed by atoms with Gasteiger partial charge in [-0.1, -0.05) is 60.1 Å². The first kappa shape index (κ1) is 21.0. The molecule has 1 aromatic heterocycles. The highest BCUT2D eigenvalue weighted by molar-refractivity contribution is 6.31. The molecular weight excluding hydrogens is 428 g/mol. The van der Waals surface area contributed by atoms with Crippen molar-refractivity contribution < 1.29 is 14.4 Å². The van der Waals surface area contributed by atoms with E-state index in [0.717, 1.165) is 0 Å². The van der Waals surface area contributed by atoms with Crippen LogP contribution in [0.1, 0.15) is 36.9 Å². The van der Waals surface area contributed by atoms with Crippen LogP contribution in [-0.2, 0) is 0 Å². The number of nitrogens with one attached hydrogen (secondary N) is 3. The number of carbonyl (C=O) groups is 3. The predicted octanol–water partition coefficient (Wildman–Crippen LogP) is 4.80. The number of ketones is 1. The molecule has 0 aliphatic rings. The lowest BCUT2D eigenvalue weighted by Crippen LogP contribution is -2.21. The molecule has 3 aromatic carbocycles. The summed E-state index contributed by atoms with van der Waals surface area (Å²) in [5, 5.41) is 5.72. The van der Waals surface area contributed by atoms with E-state index in [4.69, 9.17) is 11.6 Å². The van der Waals surface area contributed by atoms with Crippen LogP contribution in [-0.4, -0.2) is 27.6 Å². The summed E-state index contributed by atoms with van der Waals surface area (Å²) in [5.74, 6) is -1.46. The summed E-state index contributed by atoms with van der Waals surface area (Å²) in [6.07, 6.45) is 1.26. The summed E-state index contributed by atoms with van der Waals surface area (Å²) in [5.41, 5.74) is 1.40. The van der Waals surface area contributed by atoms with Crippen molar-refractivity contribution in [3.8, 4) is 0 Å². The molecule has 0 atom stereocenters. The predicted molar refractivity (Wildman–Crippen MR) is 122 cm³/mol. The Bertz CT molecular complexity index is 1290. The van der Waals surface area contributed by atoms with E-state index in [1.807, 2.05) is 6.07 Å². The Hall–Kier alpha value is -4.23. The summed E-state index contributed by atoms with van der Waals surface area (Å²) in [6.45, 7) is 0. The quantitative estimate of drug-likeness (QED) is 0.371. The lowest BCUT2D eigenvalue weighted by molar-refractivity contribution is 0.0985. The first-order valence-corrected chi connectivity index (χ1v) is 10.0. The standard InChI is InChI=1S/C24H17ClN4O3/c25-16-11-12-19(18(13-16)22(30)15-7-3-1-4-8-15)29-24(32)21-20(26-14-27-21)23(31)28-17-9-5-2-6-10-17/h1-14H,(H,26,27)(H,28,31)(H,29,32). The van der Waals surface area contributed by atoms with Crippen LogP contribution in [0.15, 0.2) is 85.2 Å². The fourth-order valence-corrected chi connectivity index (χ4v) is 3.27. The average molecular weight is 445 g/mol. The first-order chi connectivity index (χ1) is 15.5. The largest absolute Gasteiger partial charge is 0.340 e. The van der Waals surface area contributed by atoms with Gasteiger partial charge in [-0.25, -0.2) is 4.98 Å². The zero-order valence-electron chi connectivity index (χ0n) is 16.6.